The van der Waals surface area contributed by atoms with E-state index in [1.165, 1.54) is 18.2 Å². The molecule has 0 radical (unpaired) electrons. The predicted molar refractivity (Wildman–Crippen MR) is 96.3 cm³/mol. The molecule has 1 aliphatic rings. The molecular formula is C19H22FNO4S. The molecule has 0 aromatic heterocycles. The van der Waals surface area contributed by atoms with Crippen LogP contribution in [0, 0.1) is 5.82 Å². The van der Waals surface area contributed by atoms with Crippen LogP contribution in [0.3, 0.4) is 0 Å². The second-order valence-electron chi connectivity index (χ2n) is 6.38. The van der Waals surface area contributed by atoms with Crippen molar-refractivity contribution in [2.75, 3.05) is 26.9 Å². The Bertz CT molecular complexity index is 846. The number of nitrogens with one attached hydrogen (secondary N) is 1. The Kier molecular flexibility index (Phi) is 5.60. The number of halogens is 1. The molecule has 0 bridgehead atoms. The summed E-state index contributed by atoms with van der Waals surface area (Å²) in [7, 11) is -2.34. The highest BCUT2D eigenvalue weighted by Gasteiger charge is 2.36. The smallest absolute Gasteiger partial charge is 0.243 e. The van der Waals surface area contributed by atoms with Crippen LogP contribution < -0.4 is 9.46 Å². The van der Waals surface area contributed by atoms with Gasteiger partial charge >= 0.3 is 0 Å². The van der Waals surface area contributed by atoms with E-state index in [9.17, 15) is 12.8 Å². The average Bonchev–Trinajstić information content (AvgIpc) is 2.67. The Morgan fingerprint density at radius 3 is 2.38 bits per heavy atom. The van der Waals surface area contributed by atoms with Crippen molar-refractivity contribution in [3.8, 4) is 5.75 Å². The third-order valence-corrected chi connectivity index (χ3v) is 6.31. The molecule has 0 saturated carbocycles. The summed E-state index contributed by atoms with van der Waals surface area (Å²) >= 11 is 0. The molecule has 5 nitrogen and oxygen atoms in total. The van der Waals surface area contributed by atoms with Crippen LogP contribution in [0.25, 0.3) is 0 Å². The fraction of sp³-hybridized carbons (Fsp3) is 0.368. The maximum atomic E-state index is 13.9. The topological polar surface area (TPSA) is 64.6 Å². The van der Waals surface area contributed by atoms with Crippen LogP contribution in [-0.4, -0.2) is 35.3 Å². The molecule has 0 spiro atoms. The molecule has 2 aromatic rings. The van der Waals surface area contributed by atoms with Gasteiger partial charge in [-0.05, 0) is 42.7 Å². The third kappa shape index (κ3) is 3.90. The van der Waals surface area contributed by atoms with E-state index in [0.29, 0.717) is 26.1 Å². The van der Waals surface area contributed by atoms with Crippen molar-refractivity contribution in [2.24, 2.45) is 0 Å². The second kappa shape index (κ2) is 7.73. The Morgan fingerprint density at radius 1 is 1.12 bits per heavy atom. The third-order valence-electron chi connectivity index (χ3n) is 4.88. The van der Waals surface area contributed by atoms with Gasteiger partial charge in [-0.25, -0.2) is 17.5 Å². The number of benzene rings is 2. The lowest BCUT2D eigenvalue weighted by Gasteiger charge is -2.38. The van der Waals surface area contributed by atoms with Gasteiger partial charge in [0.25, 0.3) is 0 Å². The number of hydrogen-bond donors (Lipinski definition) is 1. The Morgan fingerprint density at radius 2 is 1.77 bits per heavy atom. The van der Waals surface area contributed by atoms with Gasteiger partial charge in [0.15, 0.2) is 0 Å². The van der Waals surface area contributed by atoms with Crippen LogP contribution in [0.2, 0.25) is 0 Å². The summed E-state index contributed by atoms with van der Waals surface area (Å²) in [6.07, 6.45) is 1.36. The highest BCUT2D eigenvalue weighted by atomic mass is 32.2. The molecule has 1 heterocycles. The van der Waals surface area contributed by atoms with Crippen molar-refractivity contribution >= 4 is 10.0 Å². The van der Waals surface area contributed by atoms with Gasteiger partial charge in [-0.1, -0.05) is 24.3 Å². The first-order chi connectivity index (χ1) is 12.5. The molecule has 0 atom stereocenters. The summed E-state index contributed by atoms with van der Waals surface area (Å²) in [6.45, 7) is 1.28. The first-order valence-electron chi connectivity index (χ1n) is 8.43. The molecule has 1 N–H and O–H groups in total. The molecule has 1 saturated heterocycles. The van der Waals surface area contributed by atoms with Gasteiger partial charge in [0, 0.05) is 25.2 Å². The fourth-order valence-electron chi connectivity index (χ4n) is 3.25. The van der Waals surface area contributed by atoms with Crippen LogP contribution in [-0.2, 0) is 20.2 Å². The molecule has 3 rings (SSSR count). The lowest BCUT2D eigenvalue weighted by molar-refractivity contribution is 0.0517. The molecule has 1 fully saturated rings. The minimum absolute atomic E-state index is 0.180. The molecule has 26 heavy (non-hydrogen) atoms. The average molecular weight is 379 g/mol. The van der Waals surface area contributed by atoms with Gasteiger partial charge in [0.2, 0.25) is 10.0 Å². The molecule has 0 unspecified atom stereocenters. The van der Waals surface area contributed by atoms with Gasteiger partial charge in [-0.15, -0.1) is 0 Å². The molecule has 0 aliphatic carbocycles. The van der Waals surface area contributed by atoms with E-state index in [2.05, 4.69) is 4.72 Å². The highest BCUT2D eigenvalue weighted by Crippen LogP contribution is 2.35. The molecule has 140 valence electrons. The van der Waals surface area contributed by atoms with Crippen molar-refractivity contribution in [1.82, 2.24) is 4.72 Å². The van der Waals surface area contributed by atoms with E-state index in [-0.39, 0.29) is 11.4 Å². The van der Waals surface area contributed by atoms with Gasteiger partial charge < -0.3 is 9.47 Å². The molecule has 1 aliphatic heterocycles. The van der Waals surface area contributed by atoms with Crippen LogP contribution in [0.5, 0.6) is 5.75 Å². The molecule has 0 amide bonds. The first-order valence-corrected chi connectivity index (χ1v) is 9.92. The van der Waals surface area contributed by atoms with Crippen LogP contribution in [0.4, 0.5) is 4.39 Å². The number of sulfonamides is 1. The van der Waals surface area contributed by atoms with Crippen molar-refractivity contribution in [3.05, 3.63) is 59.9 Å². The molecular weight excluding hydrogens is 357 g/mol. The normalized spacial score (nSPS) is 17.0. The van der Waals surface area contributed by atoms with E-state index < -0.39 is 21.3 Å². The van der Waals surface area contributed by atoms with Gasteiger partial charge in [0.05, 0.1) is 7.11 Å². The zero-order valence-corrected chi connectivity index (χ0v) is 15.4. The van der Waals surface area contributed by atoms with Gasteiger partial charge in [0.1, 0.15) is 16.5 Å². The van der Waals surface area contributed by atoms with Crippen LogP contribution >= 0.6 is 0 Å². The minimum atomic E-state index is -3.94. The maximum Gasteiger partial charge on any atom is 0.243 e. The van der Waals surface area contributed by atoms with Crippen molar-refractivity contribution in [2.45, 2.75) is 23.2 Å². The van der Waals surface area contributed by atoms with E-state index in [0.717, 1.165) is 17.4 Å². The van der Waals surface area contributed by atoms with Crippen LogP contribution in [0.1, 0.15) is 18.4 Å². The van der Waals surface area contributed by atoms with Crippen LogP contribution in [0.15, 0.2) is 53.4 Å². The standard InChI is InChI=1S/C19H22FNO4S/c1-24-16-8-6-15(7-9-16)19(10-12-25-13-11-19)14-21-26(22,23)18-5-3-2-4-17(18)20/h2-9,21H,10-14H2,1H3. The lowest BCUT2D eigenvalue weighted by Crippen LogP contribution is -2.44. The van der Waals surface area contributed by atoms with E-state index in [1.54, 1.807) is 7.11 Å². The van der Waals surface area contributed by atoms with Gasteiger partial charge in [-0.2, -0.15) is 0 Å². The number of rotatable bonds is 6. The largest absolute Gasteiger partial charge is 0.497 e. The number of methoxy groups -OCH3 is 1. The SMILES string of the molecule is COc1ccc(C2(CNS(=O)(=O)c3ccccc3F)CCOCC2)cc1. The van der Waals surface area contributed by atoms with E-state index in [4.69, 9.17) is 9.47 Å². The van der Waals surface area contributed by atoms with E-state index >= 15 is 0 Å². The van der Waals surface area contributed by atoms with Crippen molar-refractivity contribution < 1.29 is 22.3 Å². The zero-order chi connectivity index (χ0) is 18.6. The Balaban J connectivity index is 1.86. The Labute approximate surface area is 153 Å². The summed E-state index contributed by atoms with van der Waals surface area (Å²) in [5.74, 6) is -0.0200. The number of ether oxygens (including phenoxy) is 2. The quantitative estimate of drug-likeness (QED) is 0.838. The first kappa shape index (κ1) is 18.8. The fourth-order valence-corrected chi connectivity index (χ4v) is 4.45. The highest BCUT2D eigenvalue weighted by molar-refractivity contribution is 7.89. The lowest BCUT2D eigenvalue weighted by atomic mass is 9.74. The predicted octanol–water partition coefficient (Wildman–Crippen LogP) is 2.86. The molecule has 2 aromatic carbocycles. The van der Waals surface area contributed by atoms with Crippen molar-refractivity contribution in [1.29, 1.82) is 0 Å². The summed E-state index contributed by atoms with van der Waals surface area (Å²) in [6, 6.07) is 13.0. The zero-order valence-electron chi connectivity index (χ0n) is 14.6. The van der Waals surface area contributed by atoms with E-state index in [1.807, 2.05) is 24.3 Å². The minimum Gasteiger partial charge on any atom is -0.497 e. The Hall–Kier alpha value is -1.96. The summed E-state index contributed by atoms with van der Waals surface area (Å²) in [4.78, 5) is -0.336. The monoisotopic (exact) mass is 379 g/mol. The summed E-state index contributed by atoms with van der Waals surface area (Å²) in [5, 5.41) is 0. The summed E-state index contributed by atoms with van der Waals surface area (Å²) in [5.41, 5.74) is 0.612. The van der Waals surface area contributed by atoms with Gasteiger partial charge in [-0.3, -0.25) is 0 Å². The number of hydrogen-bond acceptors (Lipinski definition) is 4. The maximum absolute atomic E-state index is 13.9. The summed E-state index contributed by atoms with van der Waals surface area (Å²) < 4.78 is 52.3. The second-order valence-corrected chi connectivity index (χ2v) is 8.11. The molecule has 7 heteroatoms. The van der Waals surface area contributed by atoms with Crippen molar-refractivity contribution in [3.63, 3.8) is 0 Å².